The number of aliphatic hydroxyl groups excluding tert-OH is 8. The number of carboxylic acids is 1. The number of non-ortho nitro benzene ring substituents is 1. The van der Waals surface area contributed by atoms with Crippen molar-refractivity contribution in [3.63, 3.8) is 0 Å². The number of hydrogen-bond donors (Lipinski definition) is 11. The van der Waals surface area contributed by atoms with Gasteiger partial charge in [0.05, 0.1) is 30.3 Å². The third kappa shape index (κ3) is 11.6. The molecule has 12 N–H and O–H groups in total. The molecule has 1 amide bonds. The molecular formula is C29H45N3O17. The van der Waals surface area contributed by atoms with E-state index < -0.39 is 115 Å². The number of carbonyl (C=O) groups excluding carboxylic acids is 2. The molecule has 20 heteroatoms. The summed E-state index contributed by atoms with van der Waals surface area (Å²) in [5.74, 6) is -2.79. The number of nitro groups is 1. The van der Waals surface area contributed by atoms with Crippen LogP contribution in [0.15, 0.2) is 24.3 Å². The van der Waals surface area contributed by atoms with Crippen molar-refractivity contribution >= 4 is 23.3 Å². The van der Waals surface area contributed by atoms with Crippen LogP contribution in [-0.2, 0) is 23.9 Å². The Labute approximate surface area is 279 Å². The minimum Gasteiger partial charge on any atom is -0.480 e. The summed E-state index contributed by atoms with van der Waals surface area (Å²) in [5.41, 5.74) is 5.70. The zero-order valence-corrected chi connectivity index (χ0v) is 26.7. The van der Waals surface area contributed by atoms with E-state index in [1.807, 2.05) is 0 Å². The fourth-order valence-corrected chi connectivity index (χ4v) is 4.83. The van der Waals surface area contributed by atoms with Gasteiger partial charge in [-0.25, -0.2) is 0 Å². The average Bonchev–Trinajstić information content (AvgIpc) is 3.07. The second-order valence-corrected chi connectivity index (χ2v) is 11.8. The number of rotatable bonds is 14. The van der Waals surface area contributed by atoms with Gasteiger partial charge < -0.3 is 71.2 Å². The summed E-state index contributed by atoms with van der Waals surface area (Å²) in [7, 11) is 0. The molecule has 2 aliphatic rings. The van der Waals surface area contributed by atoms with Gasteiger partial charge in [-0.3, -0.25) is 24.5 Å². The number of hydrogen-bond acceptors (Lipinski definition) is 17. The Kier molecular flexibility index (Phi) is 16.3. The van der Waals surface area contributed by atoms with Gasteiger partial charge in [0.25, 0.3) is 5.69 Å². The molecule has 0 bridgehead atoms. The van der Waals surface area contributed by atoms with E-state index in [0.717, 1.165) is 0 Å². The van der Waals surface area contributed by atoms with Crippen molar-refractivity contribution in [2.45, 2.75) is 106 Å². The highest BCUT2D eigenvalue weighted by Crippen LogP contribution is 2.26. The van der Waals surface area contributed by atoms with Crippen LogP contribution in [0.4, 0.5) is 5.69 Å². The van der Waals surface area contributed by atoms with Crippen molar-refractivity contribution in [1.82, 2.24) is 5.32 Å². The van der Waals surface area contributed by atoms with Crippen LogP contribution >= 0.6 is 0 Å². The van der Waals surface area contributed by atoms with Gasteiger partial charge in [0.1, 0.15) is 66.4 Å². The monoisotopic (exact) mass is 707 g/mol. The van der Waals surface area contributed by atoms with Crippen LogP contribution in [0.5, 0.6) is 5.75 Å². The van der Waals surface area contributed by atoms with Crippen molar-refractivity contribution in [2.24, 2.45) is 11.7 Å². The highest BCUT2D eigenvalue weighted by Gasteiger charge is 2.45. The number of ketones is 1. The van der Waals surface area contributed by atoms with E-state index in [4.69, 9.17) is 35.3 Å². The fraction of sp³-hybridized carbons (Fsp3) is 0.690. The highest BCUT2D eigenvalue weighted by atomic mass is 16.7. The van der Waals surface area contributed by atoms with E-state index in [-0.39, 0.29) is 30.7 Å². The third-order valence-electron chi connectivity index (χ3n) is 8.00. The van der Waals surface area contributed by atoms with Gasteiger partial charge in [0, 0.05) is 24.5 Å². The first-order valence-corrected chi connectivity index (χ1v) is 15.3. The lowest BCUT2D eigenvalue weighted by molar-refractivity contribution is -0.384. The number of carbonyl (C=O) groups is 3. The number of nitro benzene ring substituents is 1. The van der Waals surface area contributed by atoms with Gasteiger partial charge in [-0.15, -0.1) is 0 Å². The van der Waals surface area contributed by atoms with Crippen LogP contribution in [0.2, 0.25) is 0 Å². The minimum absolute atomic E-state index is 0.0847. The molecule has 0 saturated carbocycles. The van der Waals surface area contributed by atoms with Crippen molar-refractivity contribution < 1.29 is 79.5 Å². The van der Waals surface area contributed by atoms with Crippen LogP contribution in [-0.4, -0.2) is 155 Å². The molecule has 2 saturated heterocycles. The molecule has 1 aromatic carbocycles. The number of ether oxygens (including phenoxy) is 3. The van der Waals surface area contributed by atoms with Crippen LogP contribution in [0.3, 0.4) is 0 Å². The Hall–Kier alpha value is -3.41. The lowest BCUT2D eigenvalue weighted by atomic mass is 9.90. The predicted molar refractivity (Wildman–Crippen MR) is 162 cm³/mol. The normalized spacial score (nSPS) is 31.7. The number of nitrogens with zero attached hydrogens (tertiary/aromatic N) is 1. The predicted octanol–water partition coefficient (Wildman–Crippen LogP) is -4.11. The zero-order valence-electron chi connectivity index (χ0n) is 26.7. The summed E-state index contributed by atoms with van der Waals surface area (Å²) in [6, 6.07) is 2.99. The number of nitrogens with one attached hydrogen (secondary N) is 1. The standard InChI is InChI=1S/C17H30N2O9.C12H15NO8/c1-7(16(25)19-8(2)17(26)27)5-10(21)9(18)3-4-11-13(22)15(24)14(23)12(6-20)28-11;14-5-8-9(15)10(16)11(17)12(21-8)20-7-3-1-6(2-4-7)13(18)19/h7-9,11-15,20,22-24H,3-6,18H2,1-2H3,(H,19,25)(H,26,27);1-4,8-12,14-17H,5H2/t7-,8+,9?,11+,12-,13+,14+,15-;8-,9+,10+,11-,12-/m11/s1. The molecule has 0 aromatic heterocycles. The summed E-state index contributed by atoms with van der Waals surface area (Å²) < 4.78 is 15.8. The molecule has 0 aliphatic carbocycles. The number of aliphatic carboxylic acids is 1. The molecule has 20 nitrogen and oxygen atoms in total. The van der Waals surface area contributed by atoms with Gasteiger partial charge in [-0.05, 0) is 31.9 Å². The first-order valence-electron chi connectivity index (χ1n) is 15.3. The molecule has 0 spiro atoms. The molecule has 13 atom stereocenters. The number of amides is 1. The van der Waals surface area contributed by atoms with Crippen LogP contribution < -0.4 is 15.8 Å². The Balaban J connectivity index is 0.000000353. The Bertz CT molecular complexity index is 1230. The fourth-order valence-electron chi connectivity index (χ4n) is 4.83. The molecular weight excluding hydrogens is 662 g/mol. The lowest BCUT2D eigenvalue weighted by Crippen LogP contribution is -2.60. The summed E-state index contributed by atoms with van der Waals surface area (Å²) in [5, 5.41) is 98.3. The summed E-state index contributed by atoms with van der Waals surface area (Å²) in [4.78, 5) is 44.8. The SMILES string of the molecule is C[C@H](CC(=O)C(N)CC[C@@H]1O[C@H](CO)[C@H](O)[C@H](O)[C@H]1O)C(=O)N[C@@H](C)C(=O)O.O=[N+]([O-])c1ccc(O[C@@H]2O[C@H](CO)[C@H](O)[C@H](O)[C@H]2O)cc1. The summed E-state index contributed by atoms with van der Waals surface area (Å²) in [6.07, 6.45) is -13.3. The van der Waals surface area contributed by atoms with Crippen LogP contribution in [0.1, 0.15) is 33.1 Å². The smallest absolute Gasteiger partial charge is 0.325 e. The third-order valence-corrected chi connectivity index (χ3v) is 8.00. The van der Waals surface area contributed by atoms with E-state index in [1.165, 1.54) is 38.1 Å². The maximum atomic E-state index is 12.2. The van der Waals surface area contributed by atoms with Crippen molar-refractivity contribution in [1.29, 1.82) is 0 Å². The first-order chi connectivity index (χ1) is 22.9. The van der Waals surface area contributed by atoms with Crippen molar-refractivity contribution in [3.05, 3.63) is 34.4 Å². The second kappa shape index (κ2) is 19.1. The lowest BCUT2D eigenvalue weighted by Gasteiger charge is -2.40. The van der Waals surface area contributed by atoms with E-state index in [2.05, 4.69) is 5.32 Å². The summed E-state index contributed by atoms with van der Waals surface area (Å²) in [6.45, 7) is 1.67. The topological polar surface area (TPSA) is 342 Å². The quantitative estimate of drug-likeness (QED) is 0.0646. The average molecular weight is 708 g/mol. The molecule has 1 aromatic rings. The van der Waals surface area contributed by atoms with E-state index >= 15 is 0 Å². The summed E-state index contributed by atoms with van der Waals surface area (Å²) >= 11 is 0. The molecule has 2 aliphatic heterocycles. The largest absolute Gasteiger partial charge is 0.480 e. The zero-order chi connectivity index (χ0) is 37.2. The van der Waals surface area contributed by atoms with E-state index in [9.17, 15) is 55.1 Å². The molecule has 49 heavy (non-hydrogen) atoms. The van der Waals surface area contributed by atoms with E-state index in [0.29, 0.717) is 0 Å². The van der Waals surface area contributed by atoms with Crippen LogP contribution in [0.25, 0.3) is 0 Å². The maximum absolute atomic E-state index is 12.2. The van der Waals surface area contributed by atoms with Crippen LogP contribution in [0, 0.1) is 16.0 Å². The van der Waals surface area contributed by atoms with Gasteiger partial charge >= 0.3 is 5.97 Å². The molecule has 0 radical (unpaired) electrons. The Morgan fingerprint density at radius 3 is 1.90 bits per heavy atom. The molecule has 2 heterocycles. The second-order valence-electron chi connectivity index (χ2n) is 11.8. The van der Waals surface area contributed by atoms with Gasteiger partial charge in [0.15, 0.2) is 0 Å². The maximum Gasteiger partial charge on any atom is 0.325 e. The van der Waals surface area contributed by atoms with Crippen molar-refractivity contribution in [3.8, 4) is 5.75 Å². The molecule has 278 valence electrons. The number of aliphatic hydroxyl groups is 8. The number of carboxylic acid groups (broad SMARTS) is 1. The van der Waals surface area contributed by atoms with Gasteiger partial charge in [-0.2, -0.15) is 0 Å². The molecule has 3 rings (SSSR count). The highest BCUT2D eigenvalue weighted by molar-refractivity contribution is 5.90. The van der Waals surface area contributed by atoms with E-state index in [1.54, 1.807) is 0 Å². The number of Topliss-reactive ketones (excluding diaryl/α,β-unsaturated/α-hetero) is 1. The van der Waals surface area contributed by atoms with Gasteiger partial charge in [0.2, 0.25) is 12.2 Å². The first kappa shape index (κ1) is 41.8. The number of benzene rings is 1. The molecule has 1 unspecified atom stereocenters. The Morgan fingerprint density at radius 2 is 1.39 bits per heavy atom. The van der Waals surface area contributed by atoms with Crippen molar-refractivity contribution in [2.75, 3.05) is 13.2 Å². The van der Waals surface area contributed by atoms with Gasteiger partial charge in [-0.1, -0.05) is 6.92 Å². The number of nitrogens with two attached hydrogens (primary N) is 1. The Morgan fingerprint density at radius 1 is 0.878 bits per heavy atom. The molecule has 2 fully saturated rings. The minimum atomic E-state index is -1.54.